The van der Waals surface area contributed by atoms with Gasteiger partial charge in [0.15, 0.2) is 0 Å². The van der Waals surface area contributed by atoms with Gasteiger partial charge in [0.05, 0.1) is 13.7 Å². The van der Waals surface area contributed by atoms with Gasteiger partial charge in [0.2, 0.25) is 11.8 Å². The maximum absolute atomic E-state index is 11.9. The lowest BCUT2D eigenvalue weighted by Gasteiger charge is -2.20. The number of anilines is 1. The van der Waals surface area contributed by atoms with Crippen molar-refractivity contribution in [2.75, 3.05) is 39.2 Å². The number of amides is 2. The van der Waals surface area contributed by atoms with Gasteiger partial charge in [0.25, 0.3) is 0 Å². The van der Waals surface area contributed by atoms with Crippen molar-refractivity contribution >= 4 is 17.5 Å². The molecule has 1 aromatic rings. The Morgan fingerprint density at radius 2 is 2.00 bits per heavy atom. The molecule has 0 atom stereocenters. The Bertz CT molecular complexity index is 476. The SMILES string of the molecule is COCCN(CCC(=O)Nc1cccc(OC)c1)C(C)=O. The average Bonchev–Trinajstić information content (AvgIpc) is 2.47. The quantitative estimate of drug-likeness (QED) is 0.789. The maximum Gasteiger partial charge on any atom is 0.226 e. The summed E-state index contributed by atoms with van der Waals surface area (Å²) in [4.78, 5) is 24.9. The third-order valence-electron chi connectivity index (χ3n) is 2.97. The molecule has 0 aromatic heterocycles. The van der Waals surface area contributed by atoms with Crippen LogP contribution in [0, 0.1) is 0 Å². The zero-order valence-corrected chi connectivity index (χ0v) is 12.7. The summed E-state index contributed by atoms with van der Waals surface area (Å²) in [7, 11) is 3.15. The van der Waals surface area contributed by atoms with Crippen LogP contribution in [-0.4, -0.2) is 50.6 Å². The van der Waals surface area contributed by atoms with E-state index < -0.39 is 0 Å². The molecule has 21 heavy (non-hydrogen) atoms. The van der Waals surface area contributed by atoms with E-state index in [1.165, 1.54) is 6.92 Å². The van der Waals surface area contributed by atoms with E-state index in [9.17, 15) is 9.59 Å². The fourth-order valence-electron chi connectivity index (χ4n) is 1.79. The Labute approximate surface area is 125 Å². The van der Waals surface area contributed by atoms with Crippen molar-refractivity contribution in [1.29, 1.82) is 0 Å². The smallest absolute Gasteiger partial charge is 0.226 e. The molecule has 6 heteroatoms. The van der Waals surface area contributed by atoms with Crippen LogP contribution in [0.2, 0.25) is 0 Å². The number of rotatable bonds is 8. The van der Waals surface area contributed by atoms with Gasteiger partial charge in [-0.25, -0.2) is 0 Å². The fraction of sp³-hybridized carbons (Fsp3) is 0.467. The number of ether oxygens (including phenoxy) is 2. The minimum atomic E-state index is -0.146. The van der Waals surface area contributed by atoms with E-state index in [1.807, 2.05) is 0 Å². The molecule has 116 valence electrons. The minimum Gasteiger partial charge on any atom is -0.497 e. The molecule has 6 nitrogen and oxygen atoms in total. The van der Waals surface area contributed by atoms with Crippen molar-refractivity contribution in [1.82, 2.24) is 4.90 Å². The van der Waals surface area contributed by atoms with Crippen molar-refractivity contribution < 1.29 is 19.1 Å². The van der Waals surface area contributed by atoms with Crippen molar-refractivity contribution in [3.8, 4) is 5.75 Å². The van der Waals surface area contributed by atoms with Crippen molar-refractivity contribution in [3.63, 3.8) is 0 Å². The highest BCUT2D eigenvalue weighted by Gasteiger charge is 2.11. The summed E-state index contributed by atoms with van der Waals surface area (Å²) in [6.45, 7) is 2.79. The first-order valence-electron chi connectivity index (χ1n) is 6.75. The largest absolute Gasteiger partial charge is 0.497 e. The van der Waals surface area contributed by atoms with Crippen LogP contribution in [0.15, 0.2) is 24.3 Å². The summed E-state index contributed by atoms with van der Waals surface area (Å²) in [6.07, 6.45) is 0.237. The lowest BCUT2D eigenvalue weighted by molar-refractivity contribution is -0.130. The number of carbonyl (C=O) groups is 2. The number of hydrogen-bond acceptors (Lipinski definition) is 4. The fourth-order valence-corrected chi connectivity index (χ4v) is 1.79. The summed E-state index contributed by atoms with van der Waals surface area (Å²) in [6, 6.07) is 7.13. The summed E-state index contributed by atoms with van der Waals surface area (Å²) >= 11 is 0. The molecule has 0 bridgehead atoms. The van der Waals surface area contributed by atoms with Crippen LogP contribution >= 0.6 is 0 Å². The predicted octanol–water partition coefficient (Wildman–Crippen LogP) is 1.52. The van der Waals surface area contributed by atoms with Crippen LogP contribution in [-0.2, 0) is 14.3 Å². The molecule has 0 fully saturated rings. The second-order valence-corrected chi connectivity index (χ2v) is 4.53. The zero-order chi connectivity index (χ0) is 15.7. The number of nitrogens with zero attached hydrogens (tertiary/aromatic N) is 1. The van der Waals surface area contributed by atoms with Crippen LogP contribution in [0.5, 0.6) is 5.75 Å². The Morgan fingerprint density at radius 3 is 2.62 bits per heavy atom. The second kappa shape index (κ2) is 8.97. The van der Waals surface area contributed by atoms with Gasteiger partial charge < -0.3 is 19.7 Å². The first kappa shape index (κ1) is 17.0. The van der Waals surface area contributed by atoms with E-state index in [0.717, 1.165) is 0 Å². The first-order valence-corrected chi connectivity index (χ1v) is 6.75. The summed E-state index contributed by atoms with van der Waals surface area (Å²) < 4.78 is 10.0. The number of methoxy groups -OCH3 is 2. The number of carbonyl (C=O) groups excluding carboxylic acids is 2. The molecule has 2 amide bonds. The maximum atomic E-state index is 11.9. The van der Waals surface area contributed by atoms with Crippen LogP contribution in [0.25, 0.3) is 0 Å². The molecule has 0 aliphatic heterocycles. The van der Waals surface area contributed by atoms with Gasteiger partial charge in [0.1, 0.15) is 5.75 Å². The molecule has 1 aromatic carbocycles. The normalized spacial score (nSPS) is 10.0. The first-order chi connectivity index (χ1) is 10.1. The average molecular weight is 294 g/mol. The molecular weight excluding hydrogens is 272 g/mol. The molecule has 0 aliphatic carbocycles. The Hall–Kier alpha value is -2.08. The molecule has 1 rings (SSSR count). The highest BCUT2D eigenvalue weighted by atomic mass is 16.5. The van der Waals surface area contributed by atoms with Gasteiger partial charge in [0, 0.05) is 45.3 Å². The van der Waals surface area contributed by atoms with E-state index in [4.69, 9.17) is 9.47 Å². The molecule has 0 radical (unpaired) electrons. The summed E-state index contributed by atoms with van der Waals surface area (Å²) in [5.74, 6) is 0.464. The zero-order valence-electron chi connectivity index (χ0n) is 12.7. The lowest BCUT2D eigenvalue weighted by Crippen LogP contribution is -2.34. The van der Waals surface area contributed by atoms with E-state index in [-0.39, 0.29) is 18.2 Å². The van der Waals surface area contributed by atoms with Crippen molar-refractivity contribution in [2.45, 2.75) is 13.3 Å². The predicted molar refractivity (Wildman–Crippen MR) is 80.4 cm³/mol. The Morgan fingerprint density at radius 1 is 1.24 bits per heavy atom. The number of nitrogens with one attached hydrogen (secondary N) is 1. The summed E-state index contributed by atoms with van der Waals surface area (Å²) in [5, 5.41) is 2.78. The van der Waals surface area contributed by atoms with E-state index in [0.29, 0.717) is 31.1 Å². The van der Waals surface area contributed by atoms with Gasteiger partial charge in [-0.3, -0.25) is 9.59 Å². The highest BCUT2D eigenvalue weighted by molar-refractivity contribution is 5.91. The second-order valence-electron chi connectivity index (χ2n) is 4.53. The standard InChI is InChI=1S/C15H22N2O4/c1-12(18)17(9-10-20-2)8-7-15(19)16-13-5-4-6-14(11-13)21-3/h4-6,11H,7-10H2,1-3H3,(H,16,19). The highest BCUT2D eigenvalue weighted by Crippen LogP contribution is 2.16. The van der Waals surface area contributed by atoms with Crippen molar-refractivity contribution in [3.05, 3.63) is 24.3 Å². The summed E-state index contributed by atoms with van der Waals surface area (Å²) in [5.41, 5.74) is 0.672. The molecule has 0 aliphatic rings. The molecular formula is C15H22N2O4. The van der Waals surface area contributed by atoms with Crippen LogP contribution in [0.4, 0.5) is 5.69 Å². The third-order valence-corrected chi connectivity index (χ3v) is 2.97. The topological polar surface area (TPSA) is 67.9 Å². The van der Waals surface area contributed by atoms with Crippen molar-refractivity contribution in [2.24, 2.45) is 0 Å². The molecule has 0 saturated heterocycles. The Balaban J connectivity index is 2.46. The van der Waals surface area contributed by atoms with Gasteiger partial charge in [-0.2, -0.15) is 0 Å². The lowest BCUT2D eigenvalue weighted by atomic mass is 10.3. The van der Waals surface area contributed by atoms with Gasteiger partial charge >= 0.3 is 0 Å². The molecule has 0 unspecified atom stereocenters. The van der Waals surface area contributed by atoms with E-state index >= 15 is 0 Å². The number of benzene rings is 1. The molecule has 0 spiro atoms. The van der Waals surface area contributed by atoms with Crippen LogP contribution < -0.4 is 10.1 Å². The third kappa shape index (κ3) is 6.27. The van der Waals surface area contributed by atoms with Gasteiger partial charge in [-0.05, 0) is 12.1 Å². The minimum absolute atomic E-state index is 0.0683. The molecule has 0 saturated carbocycles. The van der Waals surface area contributed by atoms with Gasteiger partial charge in [-0.15, -0.1) is 0 Å². The van der Waals surface area contributed by atoms with E-state index in [2.05, 4.69) is 5.32 Å². The number of hydrogen-bond donors (Lipinski definition) is 1. The van der Waals surface area contributed by atoms with Gasteiger partial charge in [-0.1, -0.05) is 6.07 Å². The molecule has 1 N–H and O–H groups in total. The van der Waals surface area contributed by atoms with Crippen LogP contribution in [0.3, 0.4) is 0 Å². The Kier molecular flexibility index (Phi) is 7.25. The van der Waals surface area contributed by atoms with Crippen LogP contribution in [0.1, 0.15) is 13.3 Å². The van der Waals surface area contributed by atoms with E-state index in [1.54, 1.807) is 43.4 Å². The monoisotopic (exact) mass is 294 g/mol. The molecule has 0 heterocycles.